The third-order valence-corrected chi connectivity index (χ3v) is 3.36. The molecule has 1 amide bonds. The van der Waals surface area contributed by atoms with Crippen molar-refractivity contribution in [2.75, 3.05) is 5.32 Å². The summed E-state index contributed by atoms with van der Waals surface area (Å²) in [5.41, 5.74) is 1.86. The average Bonchev–Trinajstić information content (AvgIpc) is 2.43. The molecular formula is C15H10Cl2N2O. The molecule has 100 valence electrons. The highest BCUT2D eigenvalue weighted by molar-refractivity contribution is 6.42. The Balaban J connectivity index is 2.05. The third kappa shape index (κ3) is 3.74. The quantitative estimate of drug-likeness (QED) is 0.930. The van der Waals surface area contributed by atoms with Gasteiger partial charge >= 0.3 is 0 Å². The number of carbonyl (C=O) groups excluding carboxylic acids is 1. The number of nitrogens with zero attached hydrogens (tertiary/aromatic N) is 1. The number of benzene rings is 2. The van der Waals surface area contributed by atoms with Crippen molar-refractivity contribution in [3.8, 4) is 6.07 Å². The smallest absolute Gasteiger partial charge is 0.228 e. The number of halogens is 2. The number of rotatable bonds is 3. The zero-order valence-corrected chi connectivity index (χ0v) is 11.9. The molecule has 0 atom stereocenters. The van der Waals surface area contributed by atoms with Crippen molar-refractivity contribution in [1.82, 2.24) is 0 Å². The average molecular weight is 305 g/mol. The molecule has 5 heteroatoms. The van der Waals surface area contributed by atoms with Crippen LogP contribution in [0.5, 0.6) is 0 Å². The summed E-state index contributed by atoms with van der Waals surface area (Å²) < 4.78 is 0. The van der Waals surface area contributed by atoms with Crippen LogP contribution in [-0.2, 0) is 11.2 Å². The van der Waals surface area contributed by atoms with Crippen LogP contribution >= 0.6 is 23.2 Å². The Bertz CT molecular complexity index is 693. The Morgan fingerprint density at radius 1 is 1.15 bits per heavy atom. The van der Waals surface area contributed by atoms with Gasteiger partial charge in [-0.25, -0.2) is 0 Å². The van der Waals surface area contributed by atoms with Crippen LogP contribution in [0.25, 0.3) is 0 Å². The minimum absolute atomic E-state index is 0.182. The SMILES string of the molecule is N#Cc1cccc(NC(=O)Cc2ccc(Cl)c(Cl)c2)c1. The van der Waals surface area contributed by atoms with Crippen LogP contribution in [0.3, 0.4) is 0 Å². The second-order valence-electron chi connectivity index (χ2n) is 4.17. The van der Waals surface area contributed by atoms with Crippen molar-refractivity contribution in [3.05, 3.63) is 63.6 Å². The summed E-state index contributed by atoms with van der Waals surface area (Å²) in [5, 5.41) is 12.4. The van der Waals surface area contributed by atoms with Crippen molar-refractivity contribution in [3.63, 3.8) is 0 Å². The molecule has 2 aromatic rings. The highest BCUT2D eigenvalue weighted by Gasteiger charge is 2.06. The molecule has 0 aliphatic carbocycles. The number of nitriles is 1. The van der Waals surface area contributed by atoms with Crippen molar-refractivity contribution >= 4 is 34.8 Å². The molecule has 2 rings (SSSR count). The monoisotopic (exact) mass is 304 g/mol. The van der Waals surface area contributed by atoms with E-state index < -0.39 is 0 Å². The van der Waals surface area contributed by atoms with Gasteiger partial charge in [0.15, 0.2) is 0 Å². The number of hydrogen-bond donors (Lipinski definition) is 1. The minimum atomic E-state index is -0.182. The fourth-order valence-electron chi connectivity index (χ4n) is 1.71. The fourth-order valence-corrected chi connectivity index (χ4v) is 2.03. The van der Waals surface area contributed by atoms with Gasteiger partial charge in [0.25, 0.3) is 0 Å². The molecule has 0 saturated carbocycles. The third-order valence-electron chi connectivity index (χ3n) is 2.62. The standard InChI is InChI=1S/C15H10Cl2N2O/c16-13-5-4-10(7-14(13)17)8-15(20)19-12-3-1-2-11(6-12)9-18/h1-7H,8H2,(H,19,20). The number of hydrogen-bond acceptors (Lipinski definition) is 2. The van der Waals surface area contributed by atoms with Gasteiger partial charge in [-0.2, -0.15) is 5.26 Å². The van der Waals surface area contributed by atoms with Crippen molar-refractivity contribution in [1.29, 1.82) is 5.26 Å². The van der Waals surface area contributed by atoms with Crippen LogP contribution in [-0.4, -0.2) is 5.91 Å². The Morgan fingerprint density at radius 2 is 1.95 bits per heavy atom. The summed E-state index contributed by atoms with van der Waals surface area (Å²) in [6.07, 6.45) is 0.188. The molecule has 1 N–H and O–H groups in total. The van der Waals surface area contributed by atoms with Gasteiger partial charge in [0.2, 0.25) is 5.91 Å². The Kier molecular flexibility index (Phi) is 4.62. The Hall–Kier alpha value is -2.02. The largest absolute Gasteiger partial charge is 0.326 e. The van der Waals surface area contributed by atoms with E-state index in [1.54, 1.807) is 42.5 Å². The first-order chi connectivity index (χ1) is 9.58. The summed E-state index contributed by atoms with van der Waals surface area (Å²) in [7, 11) is 0. The molecule has 0 aliphatic rings. The van der Waals surface area contributed by atoms with Gasteiger partial charge in [0.05, 0.1) is 28.1 Å². The number of anilines is 1. The van der Waals surface area contributed by atoms with Gasteiger partial charge in [0, 0.05) is 5.69 Å². The zero-order chi connectivity index (χ0) is 14.5. The summed E-state index contributed by atoms with van der Waals surface area (Å²) >= 11 is 11.7. The van der Waals surface area contributed by atoms with E-state index in [-0.39, 0.29) is 12.3 Å². The molecule has 0 saturated heterocycles. The van der Waals surface area contributed by atoms with Gasteiger partial charge in [-0.1, -0.05) is 35.3 Å². The van der Waals surface area contributed by atoms with Crippen LogP contribution < -0.4 is 5.32 Å². The molecular weight excluding hydrogens is 295 g/mol. The molecule has 0 radical (unpaired) electrons. The van der Waals surface area contributed by atoms with E-state index in [1.807, 2.05) is 6.07 Å². The number of amides is 1. The Morgan fingerprint density at radius 3 is 2.65 bits per heavy atom. The van der Waals surface area contributed by atoms with Gasteiger partial charge in [-0.05, 0) is 35.9 Å². The molecule has 0 aromatic heterocycles. The second-order valence-corrected chi connectivity index (χ2v) is 4.98. The molecule has 2 aromatic carbocycles. The first-order valence-electron chi connectivity index (χ1n) is 5.82. The van der Waals surface area contributed by atoms with E-state index in [0.717, 1.165) is 5.56 Å². The van der Waals surface area contributed by atoms with Crippen LogP contribution in [0.15, 0.2) is 42.5 Å². The van der Waals surface area contributed by atoms with E-state index in [9.17, 15) is 4.79 Å². The van der Waals surface area contributed by atoms with E-state index in [1.165, 1.54) is 0 Å². The Labute approximate surface area is 126 Å². The predicted molar refractivity (Wildman–Crippen MR) is 80.0 cm³/mol. The van der Waals surface area contributed by atoms with Crippen LogP contribution in [0.1, 0.15) is 11.1 Å². The first kappa shape index (κ1) is 14.4. The van der Waals surface area contributed by atoms with Crippen molar-refractivity contribution < 1.29 is 4.79 Å². The van der Waals surface area contributed by atoms with E-state index in [4.69, 9.17) is 28.5 Å². The van der Waals surface area contributed by atoms with Crippen LogP contribution in [0.2, 0.25) is 10.0 Å². The normalized spacial score (nSPS) is 9.85. The lowest BCUT2D eigenvalue weighted by molar-refractivity contribution is -0.115. The fraction of sp³-hybridized carbons (Fsp3) is 0.0667. The van der Waals surface area contributed by atoms with Crippen molar-refractivity contribution in [2.45, 2.75) is 6.42 Å². The van der Waals surface area contributed by atoms with E-state index in [0.29, 0.717) is 21.3 Å². The summed E-state index contributed by atoms with van der Waals surface area (Å²) in [6, 6.07) is 13.8. The topological polar surface area (TPSA) is 52.9 Å². The lowest BCUT2D eigenvalue weighted by Gasteiger charge is -2.06. The molecule has 0 unspecified atom stereocenters. The lowest BCUT2D eigenvalue weighted by atomic mass is 10.1. The molecule has 0 bridgehead atoms. The molecule has 20 heavy (non-hydrogen) atoms. The van der Waals surface area contributed by atoms with Crippen LogP contribution in [0.4, 0.5) is 5.69 Å². The molecule has 3 nitrogen and oxygen atoms in total. The van der Waals surface area contributed by atoms with E-state index >= 15 is 0 Å². The number of nitrogens with one attached hydrogen (secondary N) is 1. The van der Waals surface area contributed by atoms with Crippen LogP contribution in [0, 0.1) is 11.3 Å². The molecule has 0 spiro atoms. The molecule has 0 fully saturated rings. The maximum atomic E-state index is 11.9. The second kappa shape index (κ2) is 6.42. The van der Waals surface area contributed by atoms with Gasteiger partial charge in [-0.15, -0.1) is 0 Å². The van der Waals surface area contributed by atoms with E-state index in [2.05, 4.69) is 5.32 Å². The molecule has 0 aliphatic heterocycles. The summed E-state index contributed by atoms with van der Waals surface area (Å²) in [5.74, 6) is -0.182. The molecule has 0 heterocycles. The first-order valence-corrected chi connectivity index (χ1v) is 6.58. The lowest BCUT2D eigenvalue weighted by Crippen LogP contribution is -2.14. The highest BCUT2D eigenvalue weighted by Crippen LogP contribution is 2.23. The zero-order valence-electron chi connectivity index (χ0n) is 10.4. The predicted octanol–water partition coefficient (Wildman–Crippen LogP) is 4.05. The highest BCUT2D eigenvalue weighted by atomic mass is 35.5. The maximum Gasteiger partial charge on any atom is 0.228 e. The minimum Gasteiger partial charge on any atom is -0.326 e. The van der Waals surface area contributed by atoms with Gasteiger partial charge in [0.1, 0.15) is 0 Å². The van der Waals surface area contributed by atoms with Gasteiger partial charge < -0.3 is 5.32 Å². The van der Waals surface area contributed by atoms with Crippen molar-refractivity contribution in [2.24, 2.45) is 0 Å². The van der Waals surface area contributed by atoms with Gasteiger partial charge in [-0.3, -0.25) is 4.79 Å². The number of carbonyl (C=O) groups is 1. The maximum absolute atomic E-state index is 11.9. The summed E-state index contributed by atoms with van der Waals surface area (Å²) in [4.78, 5) is 11.9. The summed E-state index contributed by atoms with van der Waals surface area (Å²) in [6.45, 7) is 0.